The predicted molar refractivity (Wildman–Crippen MR) is 307 cm³/mol. The Labute approximate surface area is 442 Å². The maximum absolute atomic E-state index is 12.9. The predicted octanol–water partition coefficient (Wildman–Crippen LogP) is 18.3. The van der Waals surface area contributed by atoms with Crippen molar-refractivity contribution in [3.8, 4) is 0 Å². The first-order valence-electron chi connectivity index (χ1n) is 30.9. The van der Waals surface area contributed by atoms with E-state index >= 15 is 0 Å². The van der Waals surface area contributed by atoms with Gasteiger partial charge in [-0.1, -0.05) is 275 Å². The molecule has 0 spiro atoms. The largest absolute Gasteiger partial charge is 0.756 e. The lowest BCUT2D eigenvalue weighted by atomic mass is 10.0. The maximum atomic E-state index is 12.9. The van der Waals surface area contributed by atoms with Crippen LogP contribution in [0.25, 0.3) is 0 Å². The minimum Gasteiger partial charge on any atom is -0.756 e. The summed E-state index contributed by atoms with van der Waals surface area (Å²) in [4.78, 5) is 25.4. The van der Waals surface area contributed by atoms with Crippen molar-refractivity contribution in [2.24, 2.45) is 0 Å². The first kappa shape index (κ1) is 69.7. The number of quaternary nitrogens is 1. The van der Waals surface area contributed by atoms with Crippen LogP contribution in [0.2, 0.25) is 0 Å². The number of aliphatic hydroxyl groups is 1. The van der Waals surface area contributed by atoms with Crippen LogP contribution in [0.4, 0.5) is 0 Å². The molecule has 8 nitrogen and oxygen atoms in total. The Morgan fingerprint density at radius 2 is 0.789 bits per heavy atom. The summed E-state index contributed by atoms with van der Waals surface area (Å²) in [5.74, 6) is -0.204. The molecular formula is C62H121N2O6P. The Morgan fingerprint density at radius 3 is 1.15 bits per heavy atom. The minimum atomic E-state index is -4.59. The highest BCUT2D eigenvalue weighted by Crippen LogP contribution is 2.38. The Kier molecular flexibility index (Phi) is 52.6. The van der Waals surface area contributed by atoms with E-state index in [1.54, 1.807) is 6.08 Å². The quantitative estimate of drug-likeness (QED) is 0.0272. The van der Waals surface area contributed by atoms with Crippen molar-refractivity contribution >= 4 is 13.7 Å². The molecule has 0 fully saturated rings. The zero-order chi connectivity index (χ0) is 52.0. The molecule has 0 aromatic heterocycles. The van der Waals surface area contributed by atoms with Gasteiger partial charge in [0, 0.05) is 6.42 Å². The molecule has 3 unspecified atom stereocenters. The van der Waals surface area contributed by atoms with Crippen LogP contribution < -0.4 is 10.2 Å². The van der Waals surface area contributed by atoms with Crippen molar-refractivity contribution in [1.29, 1.82) is 0 Å². The average Bonchev–Trinajstić information content (AvgIpc) is 3.33. The molecule has 0 saturated heterocycles. The summed E-state index contributed by atoms with van der Waals surface area (Å²) in [6, 6.07) is -0.899. The third-order valence-corrected chi connectivity index (χ3v) is 15.0. The fraction of sp³-hybridized carbons (Fsp3) is 0.887. The summed E-state index contributed by atoms with van der Waals surface area (Å²) in [6.07, 6.45) is 70.0. The van der Waals surface area contributed by atoms with Crippen molar-refractivity contribution in [3.05, 3.63) is 36.5 Å². The fourth-order valence-electron chi connectivity index (χ4n) is 9.23. The summed E-state index contributed by atoms with van der Waals surface area (Å²) in [5, 5.41) is 13.8. The SMILES string of the molecule is CCCCCC/C=C/CC/C=C/C(O)C(COP(=O)([O-])OCC[N+](C)(C)C)NC(=O)CCCCCCCCCCCCCCCCCCCCCCCCCCCCC/C=C\CCCCCCCCCC. The number of amides is 1. The van der Waals surface area contributed by atoms with Gasteiger partial charge >= 0.3 is 0 Å². The first-order chi connectivity index (χ1) is 34.5. The third kappa shape index (κ3) is 56.3. The van der Waals surface area contributed by atoms with Gasteiger partial charge in [0.2, 0.25) is 5.91 Å². The summed E-state index contributed by atoms with van der Waals surface area (Å²) in [5.41, 5.74) is 0. The van der Waals surface area contributed by atoms with Crippen LogP contribution >= 0.6 is 7.82 Å². The van der Waals surface area contributed by atoms with Gasteiger partial charge in [0.1, 0.15) is 13.2 Å². The van der Waals surface area contributed by atoms with Gasteiger partial charge in [0.15, 0.2) is 0 Å². The number of phosphoric acid groups is 1. The number of hydrogen-bond donors (Lipinski definition) is 2. The Bertz CT molecular complexity index is 1250. The molecule has 0 bridgehead atoms. The van der Waals surface area contributed by atoms with Gasteiger partial charge in [-0.25, -0.2) is 0 Å². The Morgan fingerprint density at radius 1 is 0.479 bits per heavy atom. The third-order valence-electron chi connectivity index (χ3n) is 14.1. The number of nitrogens with one attached hydrogen (secondary N) is 1. The van der Waals surface area contributed by atoms with Gasteiger partial charge in [-0.05, 0) is 57.8 Å². The Hall–Kier alpha value is -1.28. The van der Waals surface area contributed by atoms with E-state index in [4.69, 9.17) is 9.05 Å². The fourth-order valence-corrected chi connectivity index (χ4v) is 9.95. The summed E-state index contributed by atoms with van der Waals surface area (Å²) in [7, 11) is 1.25. The van der Waals surface area contributed by atoms with E-state index in [-0.39, 0.29) is 19.1 Å². The lowest BCUT2D eigenvalue weighted by molar-refractivity contribution is -0.870. The number of carbonyl (C=O) groups excluding carboxylic acids is 1. The highest BCUT2D eigenvalue weighted by Gasteiger charge is 2.23. The van der Waals surface area contributed by atoms with E-state index in [1.807, 2.05) is 27.2 Å². The topological polar surface area (TPSA) is 108 Å². The molecule has 0 aromatic rings. The van der Waals surface area contributed by atoms with Crippen molar-refractivity contribution < 1.29 is 32.9 Å². The second-order valence-corrected chi connectivity index (χ2v) is 23.8. The zero-order valence-electron chi connectivity index (χ0n) is 47.9. The molecular weight excluding hydrogens is 900 g/mol. The van der Waals surface area contributed by atoms with Crippen molar-refractivity contribution in [2.45, 2.75) is 315 Å². The van der Waals surface area contributed by atoms with E-state index in [2.05, 4.69) is 43.5 Å². The number of nitrogens with zero attached hydrogens (tertiary/aromatic N) is 1. The number of phosphoric ester groups is 1. The minimum absolute atomic E-state index is 0.00497. The standard InChI is InChI=1S/C62H121N2O6P/c1-6-8-10-12-14-16-18-19-20-21-22-23-24-25-26-27-28-29-30-31-32-33-34-35-36-37-38-39-40-41-42-43-44-45-46-48-50-52-54-56-62(66)63-60(59-70-71(67,68)69-58-57-64(3,4)5)61(65)55-53-51-49-47-17-15-13-11-9-7-2/h17,21-22,47,53,55,60-61,65H,6-16,18-20,23-46,48-52,54,56-59H2,1-5H3,(H-,63,66,67,68)/b22-21-,47-17+,55-53+. The second kappa shape index (κ2) is 53.5. The number of aliphatic hydroxyl groups excluding tert-OH is 1. The number of unbranched alkanes of at least 4 members (excludes halogenated alkanes) is 40. The summed E-state index contributed by atoms with van der Waals surface area (Å²) in [6.45, 7) is 4.61. The molecule has 0 aliphatic heterocycles. The number of rotatable bonds is 57. The van der Waals surface area contributed by atoms with Gasteiger partial charge in [0.05, 0.1) is 39.9 Å². The van der Waals surface area contributed by atoms with Crippen LogP contribution in [0.3, 0.4) is 0 Å². The lowest BCUT2D eigenvalue weighted by Crippen LogP contribution is -2.45. The van der Waals surface area contributed by atoms with Gasteiger partial charge in [-0.15, -0.1) is 0 Å². The Balaban J connectivity index is 3.80. The number of carbonyl (C=O) groups is 1. The van der Waals surface area contributed by atoms with Crippen molar-refractivity contribution in [2.75, 3.05) is 40.9 Å². The first-order valence-corrected chi connectivity index (χ1v) is 32.3. The molecule has 2 N–H and O–H groups in total. The van der Waals surface area contributed by atoms with Gasteiger partial charge < -0.3 is 28.8 Å². The van der Waals surface area contributed by atoms with E-state index in [9.17, 15) is 19.4 Å². The molecule has 0 saturated carbocycles. The second-order valence-electron chi connectivity index (χ2n) is 22.4. The molecule has 0 aliphatic carbocycles. The van der Waals surface area contributed by atoms with Crippen LogP contribution in [-0.2, 0) is 18.4 Å². The van der Waals surface area contributed by atoms with Gasteiger partial charge in [-0.2, -0.15) is 0 Å². The molecule has 3 atom stereocenters. The molecule has 0 heterocycles. The van der Waals surface area contributed by atoms with Crippen LogP contribution in [-0.4, -0.2) is 68.5 Å². The smallest absolute Gasteiger partial charge is 0.268 e. The normalized spacial score (nSPS) is 14.1. The maximum Gasteiger partial charge on any atom is 0.268 e. The molecule has 0 rings (SSSR count). The average molecular weight is 1020 g/mol. The monoisotopic (exact) mass is 1020 g/mol. The van der Waals surface area contributed by atoms with Gasteiger partial charge in [-0.3, -0.25) is 9.36 Å². The van der Waals surface area contributed by atoms with E-state index in [0.717, 1.165) is 38.5 Å². The van der Waals surface area contributed by atoms with E-state index in [0.29, 0.717) is 17.4 Å². The van der Waals surface area contributed by atoms with Crippen molar-refractivity contribution in [1.82, 2.24) is 5.32 Å². The molecule has 1 amide bonds. The van der Waals surface area contributed by atoms with E-state index in [1.165, 1.54) is 244 Å². The molecule has 0 aliphatic rings. The molecule has 0 radical (unpaired) electrons. The highest BCUT2D eigenvalue weighted by atomic mass is 31.2. The zero-order valence-corrected chi connectivity index (χ0v) is 48.8. The van der Waals surface area contributed by atoms with Gasteiger partial charge in [0.25, 0.3) is 7.82 Å². The highest BCUT2D eigenvalue weighted by molar-refractivity contribution is 7.45. The number of hydrogen-bond acceptors (Lipinski definition) is 6. The van der Waals surface area contributed by atoms with Crippen LogP contribution in [0.1, 0.15) is 303 Å². The summed E-state index contributed by atoms with van der Waals surface area (Å²) >= 11 is 0. The van der Waals surface area contributed by atoms with Crippen LogP contribution in [0.5, 0.6) is 0 Å². The number of likely N-dealkylation sites (N-methyl/N-ethyl adjacent to an activating group) is 1. The lowest BCUT2D eigenvalue weighted by Gasteiger charge is -2.29. The molecule has 9 heteroatoms. The molecule has 71 heavy (non-hydrogen) atoms. The van der Waals surface area contributed by atoms with Crippen molar-refractivity contribution in [3.63, 3.8) is 0 Å². The number of allylic oxidation sites excluding steroid dienone is 5. The van der Waals surface area contributed by atoms with E-state index < -0.39 is 20.0 Å². The van der Waals surface area contributed by atoms with Crippen LogP contribution in [0.15, 0.2) is 36.5 Å². The molecule has 0 aromatic carbocycles. The van der Waals surface area contributed by atoms with Crippen LogP contribution in [0, 0.1) is 0 Å². The molecule has 420 valence electrons. The summed E-state index contributed by atoms with van der Waals surface area (Å²) < 4.78 is 23.2.